The van der Waals surface area contributed by atoms with Crippen molar-refractivity contribution in [3.05, 3.63) is 23.8 Å². The van der Waals surface area contributed by atoms with Gasteiger partial charge in [0.05, 0.1) is 10.5 Å². The Morgan fingerprint density at radius 3 is 2.60 bits per heavy atom. The molecule has 0 radical (unpaired) electrons. The van der Waals surface area contributed by atoms with Crippen LogP contribution < -0.4 is 14.8 Å². The quantitative estimate of drug-likeness (QED) is 0.628. The molecule has 1 aromatic carbocycles. The van der Waals surface area contributed by atoms with Gasteiger partial charge < -0.3 is 19.7 Å². The first-order chi connectivity index (χ1) is 11.6. The summed E-state index contributed by atoms with van der Waals surface area (Å²) in [6.45, 7) is 6.31. The number of sulfone groups is 1. The van der Waals surface area contributed by atoms with Crippen LogP contribution in [0, 0.1) is 0 Å². The van der Waals surface area contributed by atoms with Crippen LogP contribution in [0.15, 0.2) is 23.2 Å². The lowest BCUT2D eigenvalue weighted by Crippen LogP contribution is -2.42. The van der Waals surface area contributed by atoms with E-state index in [1.807, 2.05) is 30.1 Å². The zero-order valence-electron chi connectivity index (χ0n) is 15.5. The molecule has 2 rings (SSSR count). The average Bonchev–Trinajstić information content (AvgIpc) is 2.97. The minimum absolute atomic E-state index is 0.0629. The molecule has 140 valence electrons. The van der Waals surface area contributed by atoms with Gasteiger partial charge in [-0.15, -0.1) is 0 Å². The zero-order valence-corrected chi connectivity index (χ0v) is 16.3. The van der Waals surface area contributed by atoms with Gasteiger partial charge in [0, 0.05) is 27.2 Å². The summed E-state index contributed by atoms with van der Waals surface area (Å²) < 4.78 is 34.3. The van der Waals surface area contributed by atoms with Crippen molar-refractivity contribution in [2.24, 2.45) is 4.99 Å². The van der Waals surface area contributed by atoms with Crippen molar-refractivity contribution in [1.29, 1.82) is 0 Å². The maximum Gasteiger partial charge on any atom is 0.231 e. The Bertz CT molecular complexity index is 739. The monoisotopic (exact) mass is 369 g/mol. The van der Waals surface area contributed by atoms with E-state index in [2.05, 4.69) is 10.3 Å². The highest BCUT2D eigenvalue weighted by molar-refractivity contribution is 7.92. The van der Waals surface area contributed by atoms with Crippen LogP contribution >= 0.6 is 0 Å². The number of nitrogens with one attached hydrogen (secondary N) is 1. The normalized spacial score (nSPS) is 14.5. The fourth-order valence-corrected chi connectivity index (χ4v) is 3.36. The summed E-state index contributed by atoms with van der Waals surface area (Å²) in [5, 5.41) is 3.11. The van der Waals surface area contributed by atoms with Crippen LogP contribution in [-0.4, -0.2) is 57.2 Å². The molecule has 8 heteroatoms. The highest BCUT2D eigenvalue weighted by Crippen LogP contribution is 2.32. The predicted molar refractivity (Wildman–Crippen MR) is 98.9 cm³/mol. The molecule has 0 aliphatic carbocycles. The van der Waals surface area contributed by atoms with Crippen molar-refractivity contribution in [3.8, 4) is 11.5 Å². The van der Waals surface area contributed by atoms with Crippen LogP contribution in [0.1, 0.15) is 26.3 Å². The number of benzene rings is 1. The Morgan fingerprint density at radius 1 is 1.28 bits per heavy atom. The van der Waals surface area contributed by atoms with Gasteiger partial charge in [0.15, 0.2) is 27.3 Å². The molecule has 0 atom stereocenters. The van der Waals surface area contributed by atoms with Crippen molar-refractivity contribution >= 4 is 15.8 Å². The van der Waals surface area contributed by atoms with Gasteiger partial charge in [0.2, 0.25) is 6.79 Å². The number of aliphatic imine (C=N–C) groups is 1. The SMILES string of the molecule is CN=C(NCCS(=O)(=O)C(C)(C)C)N(C)Cc1ccc2c(c1)OCO2. The minimum atomic E-state index is -3.16. The molecule has 0 amide bonds. The molecular formula is C17H27N3O4S. The highest BCUT2D eigenvalue weighted by atomic mass is 32.2. The summed E-state index contributed by atoms with van der Waals surface area (Å²) >= 11 is 0. The van der Waals surface area contributed by atoms with Crippen molar-refractivity contribution in [3.63, 3.8) is 0 Å². The second-order valence-corrected chi connectivity index (χ2v) is 9.81. The fraction of sp³-hybridized carbons (Fsp3) is 0.588. The maximum absolute atomic E-state index is 12.2. The first kappa shape index (κ1) is 19.4. The predicted octanol–water partition coefficient (Wildman–Crippen LogP) is 1.64. The smallest absolute Gasteiger partial charge is 0.231 e. The van der Waals surface area contributed by atoms with Crippen LogP contribution in [-0.2, 0) is 16.4 Å². The van der Waals surface area contributed by atoms with E-state index in [4.69, 9.17) is 9.47 Å². The third-order valence-corrected chi connectivity index (χ3v) is 6.62. The van der Waals surface area contributed by atoms with Crippen LogP contribution in [0.5, 0.6) is 11.5 Å². The number of fused-ring (bicyclic) bond motifs is 1. The van der Waals surface area contributed by atoms with Crippen LogP contribution in [0.3, 0.4) is 0 Å². The number of hydrogen-bond acceptors (Lipinski definition) is 5. The Balaban J connectivity index is 1.92. The first-order valence-electron chi connectivity index (χ1n) is 8.16. The zero-order chi connectivity index (χ0) is 18.7. The molecule has 0 fully saturated rings. The summed E-state index contributed by atoms with van der Waals surface area (Å²) in [6.07, 6.45) is 0. The Kier molecular flexibility index (Phi) is 5.82. The Morgan fingerprint density at radius 2 is 1.96 bits per heavy atom. The molecule has 0 saturated heterocycles. The summed E-state index contributed by atoms with van der Waals surface area (Å²) in [4.78, 5) is 6.15. The average molecular weight is 369 g/mol. The molecule has 0 aromatic heterocycles. The summed E-state index contributed by atoms with van der Waals surface area (Å²) in [6, 6.07) is 5.80. The van der Waals surface area contributed by atoms with Gasteiger partial charge in [0.1, 0.15) is 0 Å². The lowest BCUT2D eigenvalue weighted by molar-refractivity contribution is 0.174. The summed E-state index contributed by atoms with van der Waals surface area (Å²) in [7, 11) is 0.419. The van der Waals surface area contributed by atoms with Crippen LogP contribution in [0.25, 0.3) is 0 Å². The molecule has 1 aliphatic heterocycles. The minimum Gasteiger partial charge on any atom is -0.454 e. The van der Waals surface area contributed by atoms with Crippen molar-refractivity contribution in [2.75, 3.05) is 33.2 Å². The number of guanidine groups is 1. The van der Waals surface area contributed by atoms with Gasteiger partial charge in [0.25, 0.3) is 0 Å². The van der Waals surface area contributed by atoms with Gasteiger partial charge >= 0.3 is 0 Å². The molecule has 1 aromatic rings. The largest absolute Gasteiger partial charge is 0.454 e. The second-order valence-electron chi connectivity index (χ2n) is 6.95. The fourth-order valence-electron chi connectivity index (χ4n) is 2.38. The molecule has 7 nitrogen and oxygen atoms in total. The number of hydrogen-bond donors (Lipinski definition) is 1. The first-order valence-corrected chi connectivity index (χ1v) is 9.82. The molecule has 1 aliphatic rings. The van der Waals surface area contributed by atoms with Crippen LogP contribution in [0.2, 0.25) is 0 Å². The Hall–Kier alpha value is -1.96. The van der Waals surface area contributed by atoms with E-state index in [0.717, 1.165) is 17.1 Å². The molecule has 0 saturated carbocycles. The van der Waals surface area contributed by atoms with Gasteiger partial charge in [-0.3, -0.25) is 4.99 Å². The van der Waals surface area contributed by atoms with Gasteiger partial charge in [-0.05, 0) is 38.5 Å². The van der Waals surface area contributed by atoms with E-state index in [0.29, 0.717) is 19.0 Å². The van der Waals surface area contributed by atoms with Gasteiger partial charge in [-0.2, -0.15) is 0 Å². The molecule has 0 unspecified atom stereocenters. The van der Waals surface area contributed by atoms with Crippen LogP contribution in [0.4, 0.5) is 0 Å². The topological polar surface area (TPSA) is 80.2 Å². The van der Waals surface area contributed by atoms with E-state index < -0.39 is 14.6 Å². The lowest BCUT2D eigenvalue weighted by Gasteiger charge is -2.24. The van der Waals surface area contributed by atoms with Crippen molar-refractivity contribution in [1.82, 2.24) is 10.2 Å². The van der Waals surface area contributed by atoms with Gasteiger partial charge in [-0.1, -0.05) is 6.07 Å². The van der Waals surface area contributed by atoms with E-state index in [-0.39, 0.29) is 12.5 Å². The number of rotatable bonds is 5. The lowest BCUT2D eigenvalue weighted by atomic mass is 10.2. The molecule has 1 heterocycles. The number of nitrogens with zero attached hydrogens (tertiary/aromatic N) is 2. The van der Waals surface area contributed by atoms with E-state index in [9.17, 15) is 8.42 Å². The van der Waals surface area contributed by atoms with E-state index in [1.54, 1.807) is 27.8 Å². The van der Waals surface area contributed by atoms with E-state index in [1.165, 1.54) is 0 Å². The molecule has 1 N–H and O–H groups in total. The number of ether oxygens (including phenoxy) is 2. The molecular weight excluding hydrogens is 342 g/mol. The highest BCUT2D eigenvalue weighted by Gasteiger charge is 2.28. The summed E-state index contributed by atoms with van der Waals surface area (Å²) in [5.41, 5.74) is 1.05. The van der Waals surface area contributed by atoms with Crippen molar-refractivity contribution in [2.45, 2.75) is 32.1 Å². The Labute approximate surface area is 149 Å². The van der Waals surface area contributed by atoms with Gasteiger partial charge in [-0.25, -0.2) is 8.42 Å². The molecule has 0 bridgehead atoms. The standard InChI is InChI=1S/C17H27N3O4S/c1-17(2,3)25(21,22)9-8-19-16(18-4)20(5)11-13-6-7-14-15(10-13)24-12-23-14/h6-7,10H,8-9,11-12H2,1-5H3,(H,18,19). The van der Waals surface area contributed by atoms with E-state index >= 15 is 0 Å². The third kappa shape index (κ3) is 4.78. The molecule has 25 heavy (non-hydrogen) atoms. The maximum atomic E-state index is 12.2. The third-order valence-electron chi connectivity index (χ3n) is 4.02. The summed E-state index contributed by atoms with van der Waals surface area (Å²) in [5.74, 6) is 2.20. The molecule has 0 spiro atoms. The van der Waals surface area contributed by atoms with Crippen molar-refractivity contribution < 1.29 is 17.9 Å². The second kappa shape index (κ2) is 7.51.